The molecule has 1 aliphatic heterocycles. The number of morpholine rings is 1. The highest BCUT2D eigenvalue weighted by atomic mass is 16.5. The summed E-state index contributed by atoms with van der Waals surface area (Å²) in [6.07, 6.45) is 1.89. The van der Waals surface area contributed by atoms with E-state index in [4.69, 9.17) is 9.47 Å². The van der Waals surface area contributed by atoms with E-state index in [1.807, 2.05) is 0 Å². The van der Waals surface area contributed by atoms with Crippen molar-refractivity contribution >= 4 is 0 Å². The molecule has 14 heavy (non-hydrogen) atoms. The van der Waals surface area contributed by atoms with E-state index in [-0.39, 0.29) is 0 Å². The van der Waals surface area contributed by atoms with Crippen molar-refractivity contribution in [3.05, 3.63) is 0 Å². The van der Waals surface area contributed by atoms with Crippen molar-refractivity contribution in [2.24, 2.45) is 0 Å². The summed E-state index contributed by atoms with van der Waals surface area (Å²) in [4.78, 5) is 2.43. The first kappa shape index (κ1) is 12.0. The Kier molecular flexibility index (Phi) is 5.45. The van der Waals surface area contributed by atoms with Gasteiger partial charge in [0.2, 0.25) is 0 Å². The van der Waals surface area contributed by atoms with Crippen LogP contribution in [0.1, 0.15) is 27.2 Å². The molecule has 3 nitrogen and oxygen atoms in total. The van der Waals surface area contributed by atoms with Crippen LogP contribution >= 0.6 is 0 Å². The Hall–Kier alpha value is -0.120. The Morgan fingerprint density at radius 1 is 1.50 bits per heavy atom. The third kappa shape index (κ3) is 4.40. The summed E-state index contributed by atoms with van der Waals surface area (Å²) in [7, 11) is 0. The molecule has 1 rings (SSSR count). The van der Waals surface area contributed by atoms with Crippen molar-refractivity contribution in [1.82, 2.24) is 4.90 Å². The standard InChI is InChI=1S/C11H23NO2/c1-4-11-9-12(6-8-14-11)5-7-13-10(2)3/h10-11H,4-9H2,1-3H3/t11-/m0/s1. The highest BCUT2D eigenvalue weighted by molar-refractivity contribution is 4.69. The maximum Gasteiger partial charge on any atom is 0.0700 e. The van der Waals surface area contributed by atoms with Gasteiger partial charge in [0.25, 0.3) is 0 Å². The van der Waals surface area contributed by atoms with Gasteiger partial charge < -0.3 is 9.47 Å². The molecule has 1 aliphatic rings. The molecule has 0 bridgehead atoms. The molecule has 1 atom stereocenters. The predicted molar refractivity (Wildman–Crippen MR) is 57.6 cm³/mol. The lowest BCUT2D eigenvalue weighted by Gasteiger charge is -2.32. The Balaban J connectivity index is 2.11. The number of rotatable bonds is 5. The first-order valence-electron chi connectivity index (χ1n) is 5.68. The van der Waals surface area contributed by atoms with Crippen molar-refractivity contribution in [3.8, 4) is 0 Å². The fourth-order valence-corrected chi connectivity index (χ4v) is 1.65. The second kappa shape index (κ2) is 6.38. The summed E-state index contributed by atoms with van der Waals surface area (Å²) in [6.45, 7) is 11.2. The van der Waals surface area contributed by atoms with Crippen LogP contribution in [0.4, 0.5) is 0 Å². The van der Waals surface area contributed by atoms with Crippen molar-refractivity contribution in [2.75, 3.05) is 32.8 Å². The third-order valence-corrected chi connectivity index (χ3v) is 2.54. The second-order valence-corrected chi connectivity index (χ2v) is 4.12. The molecule has 0 spiro atoms. The minimum Gasteiger partial charge on any atom is -0.377 e. The molecule has 0 aliphatic carbocycles. The van der Waals surface area contributed by atoms with E-state index in [1.54, 1.807) is 0 Å². The molecular weight excluding hydrogens is 178 g/mol. The van der Waals surface area contributed by atoms with E-state index in [1.165, 1.54) is 0 Å². The fourth-order valence-electron chi connectivity index (χ4n) is 1.65. The van der Waals surface area contributed by atoms with Crippen molar-refractivity contribution in [3.63, 3.8) is 0 Å². The van der Waals surface area contributed by atoms with Gasteiger partial charge in [-0.2, -0.15) is 0 Å². The molecule has 0 unspecified atom stereocenters. The van der Waals surface area contributed by atoms with Crippen LogP contribution in [0.25, 0.3) is 0 Å². The number of ether oxygens (including phenoxy) is 2. The molecule has 0 radical (unpaired) electrons. The average Bonchev–Trinajstić information content (AvgIpc) is 2.18. The lowest BCUT2D eigenvalue weighted by atomic mass is 10.2. The molecular formula is C11H23NO2. The Morgan fingerprint density at radius 2 is 2.29 bits per heavy atom. The molecule has 0 aromatic rings. The first-order valence-corrected chi connectivity index (χ1v) is 5.68. The van der Waals surface area contributed by atoms with Gasteiger partial charge in [0.05, 0.1) is 25.4 Å². The summed E-state index contributed by atoms with van der Waals surface area (Å²) in [5.74, 6) is 0. The molecule has 0 amide bonds. The smallest absolute Gasteiger partial charge is 0.0700 e. The zero-order valence-corrected chi connectivity index (χ0v) is 9.66. The quantitative estimate of drug-likeness (QED) is 0.673. The van der Waals surface area contributed by atoms with E-state index < -0.39 is 0 Å². The minimum atomic E-state index is 0.345. The van der Waals surface area contributed by atoms with Gasteiger partial charge in [0.15, 0.2) is 0 Å². The van der Waals surface area contributed by atoms with Gasteiger partial charge in [-0.1, -0.05) is 6.92 Å². The Bertz CT molecular complexity index is 150. The maximum absolute atomic E-state index is 5.60. The number of hydrogen-bond acceptors (Lipinski definition) is 3. The van der Waals surface area contributed by atoms with Gasteiger partial charge in [-0.05, 0) is 20.3 Å². The van der Waals surface area contributed by atoms with Gasteiger partial charge in [-0.3, -0.25) is 4.90 Å². The maximum atomic E-state index is 5.60. The summed E-state index contributed by atoms with van der Waals surface area (Å²) >= 11 is 0. The molecule has 84 valence electrons. The number of nitrogens with zero attached hydrogens (tertiary/aromatic N) is 1. The second-order valence-electron chi connectivity index (χ2n) is 4.12. The van der Waals surface area contributed by atoms with Crippen LogP contribution in [0.5, 0.6) is 0 Å². The topological polar surface area (TPSA) is 21.7 Å². The van der Waals surface area contributed by atoms with Crippen LogP contribution in [-0.4, -0.2) is 50.0 Å². The third-order valence-electron chi connectivity index (χ3n) is 2.54. The molecule has 0 saturated carbocycles. The highest BCUT2D eigenvalue weighted by Gasteiger charge is 2.18. The average molecular weight is 201 g/mol. The molecule has 0 aromatic carbocycles. The van der Waals surface area contributed by atoms with Crippen LogP contribution < -0.4 is 0 Å². The zero-order chi connectivity index (χ0) is 10.4. The molecule has 1 heterocycles. The van der Waals surface area contributed by atoms with E-state index in [2.05, 4.69) is 25.7 Å². The van der Waals surface area contributed by atoms with Gasteiger partial charge in [0.1, 0.15) is 0 Å². The summed E-state index contributed by atoms with van der Waals surface area (Å²) < 4.78 is 11.1. The van der Waals surface area contributed by atoms with Crippen molar-refractivity contribution < 1.29 is 9.47 Å². The highest BCUT2D eigenvalue weighted by Crippen LogP contribution is 2.07. The van der Waals surface area contributed by atoms with E-state index in [0.29, 0.717) is 12.2 Å². The summed E-state index contributed by atoms with van der Waals surface area (Å²) in [6, 6.07) is 0. The predicted octanol–water partition coefficient (Wildman–Crippen LogP) is 1.52. The summed E-state index contributed by atoms with van der Waals surface area (Å²) in [5.41, 5.74) is 0. The van der Waals surface area contributed by atoms with Gasteiger partial charge in [-0.25, -0.2) is 0 Å². The minimum absolute atomic E-state index is 0.345. The lowest BCUT2D eigenvalue weighted by Crippen LogP contribution is -2.43. The van der Waals surface area contributed by atoms with Gasteiger partial charge in [0, 0.05) is 19.6 Å². The van der Waals surface area contributed by atoms with Crippen molar-refractivity contribution in [2.45, 2.75) is 39.4 Å². The van der Waals surface area contributed by atoms with Gasteiger partial charge in [-0.15, -0.1) is 0 Å². The van der Waals surface area contributed by atoms with Crippen molar-refractivity contribution in [1.29, 1.82) is 0 Å². The lowest BCUT2D eigenvalue weighted by molar-refractivity contribution is -0.0406. The van der Waals surface area contributed by atoms with Crippen LogP contribution in [0, 0.1) is 0 Å². The first-order chi connectivity index (χ1) is 6.72. The number of hydrogen-bond donors (Lipinski definition) is 0. The Labute approximate surface area is 87.4 Å². The molecule has 0 N–H and O–H groups in total. The van der Waals surface area contributed by atoms with E-state index in [9.17, 15) is 0 Å². The monoisotopic (exact) mass is 201 g/mol. The van der Waals surface area contributed by atoms with Gasteiger partial charge >= 0.3 is 0 Å². The fraction of sp³-hybridized carbons (Fsp3) is 1.00. The van der Waals surface area contributed by atoms with E-state index >= 15 is 0 Å². The molecule has 1 saturated heterocycles. The van der Waals surface area contributed by atoms with Crippen LogP contribution in [0.2, 0.25) is 0 Å². The molecule has 3 heteroatoms. The van der Waals surface area contributed by atoms with Crippen LogP contribution in [0.15, 0.2) is 0 Å². The van der Waals surface area contributed by atoms with Crippen LogP contribution in [0.3, 0.4) is 0 Å². The molecule has 1 fully saturated rings. The molecule has 0 aromatic heterocycles. The van der Waals surface area contributed by atoms with Crippen LogP contribution in [-0.2, 0) is 9.47 Å². The van der Waals surface area contributed by atoms with E-state index in [0.717, 1.165) is 39.3 Å². The normalized spacial score (nSPS) is 24.4. The zero-order valence-electron chi connectivity index (χ0n) is 9.66. The summed E-state index contributed by atoms with van der Waals surface area (Å²) in [5, 5.41) is 0. The SMILES string of the molecule is CC[C@H]1CN(CCOC(C)C)CCO1. The Morgan fingerprint density at radius 3 is 2.93 bits per heavy atom. The largest absolute Gasteiger partial charge is 0.377 e.